The van der Waals surface area contributed by atoms with Gasteiger partial charge in [0.2, 0.25) is 0 Å². The van der Waals surface area contributed by atoms with Crippen LogP contribution in [0.3, 0.4) is 0 Å². The summed E-state index contributed by atoms with van der Waals surface area (Å²) in [5.41, 5.74) is 1.77. The number of aromatic nitrogens is 3. The Morgan fingerprint density at radius 1 is 1.26 bits per heavy atom. The second-order valence-electron chi connectivity index (χ2n) is 6.46. The van der Waals surface area contributed by atoms with Crippen LogP contribution in [0.15, 0.2) is 24.3 Å². The Morgan fingerprint density at radius 3 is 2.67 bits per heavy atom. The topological polar surface area (TPSA) is 86.5 Å². The number of ether oxygens (including phenoxy) is 2. The molecule has 0 spiro atoms. The van der Waals surface area contributed by atoms with E-state index in [1.54, 1.807) is 23.6 Å². The number of benzene rings is 1. The molecule has 0 N–H and O–H groups in total. The summed E-state index contributed by atoms with van der Waals surface area (Å²) in [4.78, 5) is 26.4. The van der Waals surface area contributed by atoms with E-state index in [-0.39, 0.29) is 17.8 Å². The molecule has 0 unspecified atom stereocenters. The number of rotatable bonds is 5. The zero-order valence-electron chi connectivity index (χ0n) is 15.8. The smallest absolute Gasteiger partial charge is 0.309 e. The van der Waals surface area contributed by atoms with Gasteiger partial charge in [-0.2, -0.15) is 0 Å². The van der Waals surface area contributed by atoms with E-state index in [1.165, 1.54) is 0 Å². The summed E-state index contributed by atoms with van der Waals surface area (Å²) >= 11 is 0. The highest BCUT2D eigenvalue weighted by Gasteiger charge is 2.30. The predicted molar refractivity (Wildman–Crippen MR) is 97.9 cm³/mol. The molecule has 1 aliphatic heterocycles. The molecule has 0 saturated carbocycles. The molecule has 0 radical (unpaired) electrons. The molecule has 27 heavy (non-hydrogen) atoms. The highest BCUT2D eigenvalue weighted by molar-refractivity contribution is 5.93. The van der Waals surface area contributed by atoms with Gasteiger partial charge in [-0.3, -0.25) is 9.59 Å². The molecule has 2 heterocycles. The fraction of sp³-hybridized carbons (Fsp3) is 0.474. The highest BCUT2D eigenvalue weighted by Crippen LogP contribution is 2.22. The minimum Gasteiger partial charge on any atom is -0.497 e. The number of piperidine rings is 1. The molecule has 1 amide bonds. The summed E-state index contributed by atoms with van der Waals surface area (Å²) in [5.74, 6) is 0.229. The van der Waals surface area contributed by atoms with Crippen LogP contribution >= 0.6 is 0 Å². The fourth-order valence-electron chi connectivity index (χ4n) is 3.24. The normalized spacial score (nSPS) is 14.9. The van der Waals surface area contributed by atoms with E-state index in [4.69, 9.17) is 9.47 Å². The van der Waals surface area contributed by atoms with Crippen LogP contribution < -0.4 is 4.74 Å². The van der Waals surface area contributed by atoms with Gasteiger partial charge in [-0.25, -0.2) is 4.68 Å². The highest BCUT2D eigenvalue weighted by atomic mass is 16.5. The summed E-state index contributed by atoms with van der Waals surface area (Å²) in [6, 6.07) is 7.41. The standard InChI is InChI=1S/C19H24N4O4/c1-4-27-19(25)14-8-10-22(11-9-14)18(24)17-13(2)23(21-20-17)15-6-5-7-16(12-15)26-3/h5-7,12,14H,4,8-11H2,1-3H3. The summed E-state index contributed by atoms with van der Waals surface area (Å²) in [7, 11) is 1.60. The number of methoxy groups -OCH3 is 1. The van der Waals surface area contributed by atoms with Gasteiger partial charge in [0.25, 0.3) is 5.91 Å². The molecule has 0 atom stereocenters. The molecule has 144 valence electrons. The van der Waals surface area contributed by atoms with E-state index < -0.39 is 0 Å². The quantitative estimate of drug-likeness (QED) is 0.746. The van der Waals surface area contributed by atoms with E-state index in [0.717, 1.165) is 5.69 Å². The third-order valence-electron chi connectivity index (χ3n) is 4.80. The third kappa shape index (κ3) is 3.94. The molecule has 3 rings (SSSR count). The van der Waals surface area contributed by atoms with Crippen LogP contribution in [-0.4, -0.2) is 58.6 Å². The van der Waals surface area contributed by atoms with Crippen LogP contribution in [0.1, 0.15) is 35.9 Å². The second kappa shape index (κ2) is 8.20. The van der Waals surface area contributed by atoms with E-state index in [2.05, 4.69) is 10.3 Å². The molecule has 0 aliphatic carbocycles. The van der Waals surface area contributed by atoms with Crippen LogP contribution in [0.25, 0.3) is 5.69 Å². The van der Waals surface area contributed by atoms with Crippen molar-refractivity contribution < 1.29 is 19.1 Å². The van der Waals surface area contributed by atoms with Crippen LogP contribution in [0.5, 0.6) is 5.75 Å². The van der Waals surface area contributed by atoms with Gasteiger partial charge in [-0.05, 0) is 38.8 Å². The molecular weight excluding hydrogens is 348 g/mol. The molecule has 1 fully saturated rings. The van der Waals surface area contributed by atoms with Crippen molar-refractivity contribution >= 4 is 11.9 Å². The van der Waals surface area contributed by atoms with E-state index >= 15 is 0 Å². The van der Waals surface area contributed by atoms with E-state index in [9.17, 15) is 9.59 Å². The molecule has 1 aromatic carbocycles. The number of hydrogen-bond acceptors (Lipinski definition) is 6. The number of carbonyl (C=O) groups is 2. The van der Waals surface area contributed by atoms with Crippen LogP contribution in [0.4, 0.5) is 0 Å². The predicted octanol–water partition coefficient (Wildman–Crippen LogP) is 2.00. The van der Waals surface area contributed by atoms with Crippen LogP contribution in [0, 0.1) is 12.8 Å². The maximum absolute atomic E-state index is 12.9. The Hall–Kier alpha value is -2.90. The number of carbonyl (C=O) groups excluding carboxylic acids is 2. The first-order chi connectivity index (χ1) is 13.0. The van der Waals surface area contributed by atoms with Crippen molar-refractivity contribution in [2.45, 2.75) is 26.7 Å². The van der Waals surface area contributed by atoms with Gasteiger partial charge in [0, 0.05) is 19.2 Å². The van der Waals surface area contributed by atoms with Crippen molar-refractivity contribution in [3.8, 4) is 11.4 Å². The summed E-state index contributed by atoms with van der Waals surface area (Å²) < 4.78 is 11.9. The molecule has 1 saturated heterocycles. The van der Waals surface area contributed by atoms with Gasteiger partial charge in [0.05, 0.1) is 31.0 Å². The lowest BCUT2D eigenvalue weighted by Gasteiger charge is -2.30. The Labute approximate surface area is 158 Å². The Bertz CT molecular complexity index is 825. The summed E-state index contributed by atoms with van der Waals surface area (Å²) in [6.07, 6.45) is 1.21. The van der Waals surface area contributed by atoms with Crippen molar-refractivity contribution in [1.82, 2.24) is 19.9 Å². The molecule has 8 nitrogen and oxygen atoms in total. The minimum absolute atomic E-state index is 0.137. The van der Waals surface area contributed by atoms with Crippen molar-refractivity contribution in [3.05, 3.63) is 35.7 Å². The molecule has 1 aromatic heterocycles. The SMILES string of the molecule is CCOC(=O)C1CCN(C(=O)c2nnn(-c3cccc(OC)c3)c2C)CC1. The monoisotopic (exact) mass is 372 g/mol. The van der Waals surface area contributed by atoms with Crippen molar-refractivity contribution in [3.63, 3.8) is 0 Å². The zero-order valence-corrected chi connectivity index (χ0v) is 15.8. The molecule has 1 aliphatic rings. The minimum atomic E-state index is -0.176. The first-order valence-corrected chi connectivity index (χ1v) is 9.07. The van der Waals surface area contributed by atoms with E-state index in [1.807, 2.05) is 31.2 Å². The van der Waals surface area contributed by atoms with Crippen molar-refractivity contribution in [2.24, 2.45) is 5.92 Å². The lowest BCUT2D eigenvalue weighted by molar-refractivity contribution is -0.149. The van der Waals surface area contributed by atoms with Gasteiger partial charge >= 0.3 is 5.97 Å². The summed E-state index contributed by atoms with van der Waals surface area (Å²) in [6.45, 7) is 5.01. The maximum atomic E-state index is 12.9. The van der Waals surface area contributed by atoms with E-state index in [0.29, 0.717) is 49.7 Å². The number of amides is 1. The lowest BCUT2D eigenvalue weighted by Crippen LogP contribution is -2.41. The summed E-state index contributed by atoms with van der Waals surface area (Å²) in [5, 5.41) is 8.23. The first-order valence-electron chi connectivity index (χ1n) is 9.07. The molecule has 8 heteroatoms. The Kier molecular flexibility index (Phi) is 5.73. The molecule has 2 aromatic rings. The number of likely N-dealkylation sites (tertiary alicyclic amines) is 1. The number of esters is 1. The average Bonchev–Trinajstić information content (AvgIpc) is 3.09. The van der Waals surface area contributed by atoms with Crippen molar-refractivity contribution in [2.75, 3.05) is 26.8 Å². The van der Waals surface area contributed by atoms with Crippen molar-refractivity contribution in [1.29, 1.82) is 0 Å². The zero-order chi connectivity index (χ0) is 19.4. The maximum Gasteiger partial charge on any atom is 0.309 e. The fourth-order valence-corrected chi connectivity index (χ4v) is 3.24. The second-order valence-corrected chi connectivity index (χ2v) is 6.46. The third-order valence-corrected chi connectivity index (χ3v) is 4.80. The van der Waals surface area contributed by atoms with Gasteiger partial charge < -0.3 is 14.4 Å². The number of nitrogens with zero attached hydrogens (tertiary/aromatic N) is 4. The Morgan fingerprint density at radius 2 is 2.00 bits per heavy atom. The molecular formula is C19H24N4O4. The van der Waals surface area contributed by atoms with Gasteiger partial charge in [-0.15, -0.1) is 5.10 Å². The molecule has 0 bridgehead atoms. The van der Waals surface area contributed by atoms with Gasteiger partial charge in [-0.1, -0.05) is 11.3 Å². The Balaban J connectivity index is 1.71. The van der Waals surface area contributed by atoms with Gasteiger partial charge in [0.1, 0.15) is 5.75 Å². The van der Waals surface area contributed by atoms with Gasteiger partial charge in [0.15, 0.2) is 5.69 Å². The average molecular weight is 372 g/mol. The first kappa shape index (κ1) is 18.9. The van der Waals surface area contributed by atoms with Crippen LogP contribution in [0.2, 0.25) is 0 Å². The van der Waals surface area contributed by atoms with Crippen LogP contribution in [-0.2, 0) is 9.53 Å². The number of hydrogen-bond donors (Lipinski definition) is 0. The largest absolute Gasteiger partial charge is 0.497 e. The lowest BCUT2D eigenvalue weighted by atomic mass is 9.97.